The zero-order chi connectivity index (χ0) is 31.7. The summed E-state index contributed by atoms with van der Waals surface area (Å²) >= 11 is 6.50. The highest BCUT2D eigenvalue weighted by atomic mass is 35.5. The number of nitrogens with zero attached hydrogens (tertiary/aromatic N) is 4. The second-order valence-corrected chi connectivity index (χ2v) is 13.7. The number of aliphatic carboxylic acids is 1. The van der Waals surface area contributed by atoms with E-state index in [0.717, 1.165) is 30.6 Å². The van der Waals surface area contributed by atoms with Crippen LogP contribution < -0.4 is 0 Å². The quantitative estimate of drug-likeness (QED) is 0.447. The van der Waals surface area contributed by atoms with Gasteiger partial charge in [0.05, 0.1) is 33.3 Å². The first kappa shape index (κ1) is 30.5. The molecule has 45 heavy (non-hydrogen) atoms. The molecule has 3 atom stereocenters. The molecule has 3 aliphatic carbocycles. The molecule has 0 spiro atoms. The minimum Gasteiger partial charge on any atom is -0.481 e. The van der Waals surface area contributed by atoms with Crippen LogP contribution >= 0.6 is 11.6 Å². The van der Waals surface area contributed by atoms with Crippen LogP contribution in [0.1, 0.15) is 84.2 Å². The topological polar surface area (TPSA) is 95.7 Å². The van der Waals surface area contributed by atoms with Gasteiger partial charge in [-0.2, -0.15) is 23.0 Å². The van der Waals surface area contributed by atoms with Gasteiger partial charge < -0.3 is 10.0 Å². The molecule has 240 valence electrons. The van der Waals surface area contributed by atoms with Crippen LogP contribution in [0.25, 0.3) is 5.57 Å². The third-order valence-electron chi connectivity index (χ3n) is 10.8. The molecule has 1 amide bonds. The Morgan fingerprint density at radius 2 is 1.78 bits per heavy atom. The number of carboxylic acid groups (broad SMARTS) is 1. The highest BCUT2D eigenvalue weighted by molar-refractivity contribution is 6.34. The van der Waals surface area contributed by atoms with E-state index in [1.54, 1.807) is 0 Å². The number of hydrogen-bond donors (Lipinski definition) is 1. The van der Waals surface area contributed by atoms with Crippen molar-refractivity contribution in [2.24, 2.45) is 11.8 Å². The third kappa shape index (κ3) is 5.19. The minimum atomic E-state index is -4.55. The SMILES string of the molecule is O=C(O)C1CC=C(c2nn(C(=O)c3c(Cl)cccc3C3(C(F)(F)F)CC3)c3c2CCC(C(=O)N2CCC(N4CCC4)C2)C3)CC1. The van der Waals surface area contributed by atoms with Crippen LogP contribution in [-0.2, 0) is 27.8 Å². The molecule has 2 aliphatic heterocycles. The molecular formula is C33H36ClF3N4O4. The molecule has 3 unspecified atom stereocenters. The molecule has 1 N–H and O–H groups in total. The summed E-state index contributed by atoms with van der Waals surface area (Å²) in [5, 5.41) is 14.1. The van der Waals surface area contributed by atoms with Gasteiger partial charge in [-0.15, -0.1) is 0 Å². The monoisotopic (exact) mass is 644 g/mol. The molecule has 2 aromatic rings. The lowest BCUT2D eigenvalue weighted by atomic mass is 9.82. The fraction of sp³-hybridized carbons (Fsp3) is 0.576. The number of carboxylic acids is 1. The van der Waals surface area contributed by atoms with Crippen molar-refractivity contribution in [1.82, 2.24) is 19.6 Å². The van der Waals surface area contributed by atoms with Gasteiger partial charge in [0, 0.05) is 37.0 Å². The summed E-state index contributed by atoms with van der Waals surface area (Å²) in [7, 11) is 0. The Balaban J connectivity index is 1.25. The van der Waals surface area contributed by atoms with Gasteiger partial charge in [0.25, 0.3) is 5.91 Å². The van der Waals surface area contributed by atoms with E-state index in [2.05, 4.69) is 4.90 Å². The van der Waals surface area contributed by atoms with Crippen LogP contribution in [0.3, 0.4) is 0 Å². The van der Waals surface area contributed by atoms with Crippen molar-refractivity contribution in [2.75, 3.05) is 26.2 Å². The summed E-state index contributed by atoms with van der Waals surface area (Å²) in [6, 6.07) is 4.57. The number of carbonyl (C=O) groups is 3. The largest absolute Gasteiger partial charge is 0.481 e. The zero-order valence-corrected chi connectivity index (χ0v) is 25.7. The Morgan fingerprint density at radius 3 is 2.40 bits per heavy atom. The van der Waals surface area contributed by atoms with Crippen molar-refractivity contribution in [2.45, 2.75) is 81.8 Å². The molecule has 1 aromatic heterocycles. The maximum Gasteiger partial charge on any atom is 0.398 e. The van der Waals surface area contributed by atoms with Gasteiger partial charge in [-0.25, -0.2) is 0 Å². The first-order valence-corrected chi connectivity index (χ1v) is 16.3. The van der Waals surface area contributed by atoms with Gasteiger partial charge in [0.1, 0.15) is 0 Å². The predicted octanol–water partition coefficient (Wildman–Crippen LogP) is 5.50. The summed E-state index contributed by atoms with van der Waals surface area (Å²) in [5.41, 5.74) is 0.248. The lowest BCUT2D eigenvalue weighted by Crippen LogP contribution is -2.47. The van der Waals surface area contributed by atoms with E-state index in [0.29, 0.717) is 62.6 Å². The molecule has 3 fully saturated rings. The van der Waals surface area contributed by atoms with Crippen molar-refractivity contribution in [3.05, 3.63) is 57.4 Å². The van der Waals surface area contributed by atoms with Gasteiger partial charge in [0.15, 0.2) is 0 Å². The number of allylic oxidation sites excluding steroid dienone is 2. The van der Waals surface area contributed by atoms with Gasteiger partial charge in [0.2, 0.25) is 5.91 Å². The summed E-state index contributed by atoms with van der Waals surface area (Å²) < 4.78 is 44.1. The maximum absolute atomic E-state index is 14.3. The van der Waals surface area contributed by atoms with Gasteiger partial charge >= 0.3 is 12.1 Å². The summed E-state index contributed by atoms with van der Waals surface area (Å²) in [5.74, 6) is -2.44. The molecule has 1 aromatic carbocycles. The van der Waals surface area contributed by atoms with E-state index in [9.17, 15) is 32.7 Å². The van der Waals surface area contributed by atoms with Crippen LogP contribution in [0.5, 0.6) is 0 Å². The van der Waals surface area contributed by atoms with Crippen molar-refractivity contribution < 1.29 is 32.7 Å². The third-order valence-corrected chi connectivity index (χ3v) is 11.1. The van der Waals surface area contributed by atoms with Crippen LogP contribution in [0.2, 0.25) is 5.02 Å². The van der Waals surface area contributed by atoms with E-state index < -0.39 is 29.4 Å². The lowest BCUT2D eigenvalue weighted by molar-refractivity contribution is -0.160. The molecule has 0 bridgehead atoms. The average Bonchev–Trinajstić information content (AvgIpc) is 3.54. The van der Waals surface area contributed by atoms with E-state index >= 15 is 0 Å². The number of rotatable bonds is 6. The molecule has 2 saturated heterocycles. The lowest BCUT2D eigenvalue weighted by Gasteiger charge is -2.36. The molecule has 1 saturated carbocycles. The number of carbonyl (C=O) groups excluding carboxylic acids is 2. The van der Waals surface area contributed by atoms with Crippen LogP contribution in [0, 0.1) is 11.8 Å². The van der Waals surface area contributed by atoms with E-state index in [1.165, 1.54) is 29.3 Å². The zero-order valence-electron chi connectivity index (χ0n) is 24.9. The Hall–Kier alpha value is -3.18. The normalized spacial score (nSPS) is 26.2. The molecule has 8 nitrogen and oxygen atoms in total. The molecule has 3 heterocycles. The van der Waals surface area contributed by atoms with Crippen molar-refractivity contribution in [3.8, 4) is 0 Å². The molecule has 12 heteroatoms. The highest BCUT2D eigenvalue weighted by Gasteiger charge is 2.65. The number of aromatic nitrogens is 2. The van der Waals surface area contributed by atoms with Crippen LogP contribution in [-0.4, -0.2) is 80.9 Å². The van der Waals surface area contributed by atoms with Crippen molar-refractivity contribution in [1.29, 1.82) is 0 Å². The van der Waals surface area contributed by atoms with Gasteiger partial charge in [-0.1, -0.05) is 29.8 Å². The van der Waals surface area contributed by atoms with E-state index in [-0.39, 0.29) is 47.2 Å². The van der Waals surface area contributed by atoms with E-state index in [1.807, 2.05) is 11.0 Å². The smallest absolute Gasteiger partial charge is 0.398 e. The standard InChI is InChI=1S/C33H36ClF3N4O4/c34-25-4-1-3-24(32(12-13-32)33(35,36)37)27(25)30(43)41-26-17-21(29(42)40-16-11-22(18-40)39-14-2-15-39)9-10-23(26)28(38-41)19-5-7-20(8-6-19)31(44)45/h1,3-5,20-22H,2,6-18H2,(H,44,45). The van der Waals surface area contributed by atoms with Gasteiger partial charge in [-0.3, -0.25) is 19.3 Å². The van der Waals surface area contributed by atoms with Crippen LogP contribution in [0.4, 0.5) is 13.2 Å². The Bertz CT molecular complexity index is 1590. The summed E-state index contributed by atoms with van der Waals surface area (Å²) in [4.78, 5) is 44.0. The summed E-state index contributed by atoms with van der Waals surface area (Å²) in [6.45, 7) is 3.50. The fourth-order valence-electron chi connectivity index (χ4n) is 7.80. The number of halogens is 4. The molecule has 5 aliphatic rings. The Morgan fingerprint density at radius 1 is 1.02 bits per heavy atom. The first-order chi connectivity index (χ1) is 21.5. The fourth-order valence-corrected chi connectivity index (χ4v) is 8.06. The highest BCUT2D eigenvalue weighted by Crippen LogP contribution is 2.60. The van der Waals surface area contributed by atoms with Crippen LogP contribution in [0.15, 0.2) is 24.3 Å². The number of alkyl halides is 3. The molecular weight excluding hydrogens is 609 g/mol. The molecule has 7 rings (SSSR count). The maximum atomic E-state index is 14.3. The number of likely N-dealkylation sites (tertiary alicyclic amines) is 2. The van der Waals surface area contributed by atoms with Crippen molar-refractivity contribution >= 4 is 35.0 Å². The second-order valence-electron chi connectivity index (χ2n) is 13.3. The predicted molar refractivity (Wildman–Crippen MR) is 160 cm³/mol. The Labute approximate surface area is 264 Å². The van der Waals surface area contributed by atoms with E-state index in [4.69, 9.17) is 16.7 Å². The molecule has 0 radical (unpaired) electrons. The number of fused-ring (bicyclic) bond motifs is 1. The second kappa shape index (κ2) is 11.3. The number of benzene rings is 1. The first-order valence-electron chi connectivity index (χ1n) is 15.9. The average molecular weight is 645 g/mol. The number of hydrogen-bond acceptors (Lipinski definition) is 5. The van der Waals surface area contributed by atoms with Crippen molar-refractivity contribution in [3.63, 3.8) is 0 Å². The number of amides is 1. The van der Waals surface area contributed by atoms with Gasteiger partial charge in [-0.05, 0) is 88.1 Å². The minimum absolute atomic E-state index is 0.0408. The summed E-state index contributed by atoms with van der Waals surface area (Å²) in [6.07, 6.45) is 1.69. The Kier molecular flexibility index (Phi) is 7.62.